The number of hydrogen-bond acceptors (Lipinski definition) is 5. The Morgan fingerprint density at radius 1 is 1.37 bits per heavy atom. The Hall–Kier alpha value is -2.28. The summed E-state index contributed by atoms with van der Waals surface area (Å²) in [5.41, 5.74) is 2.97. The lowest BCUT2D eigenvalue weighted by molar-refractivity contribution is -0.140. The first-order valence-electron chi connectivity index (χ1n) is 5.64. The molecule has 1 aromatic heterocycles. The van der Waals surface area contributed by atoms with Gasteiger partial charge in [0.25, 0.3) is 0 Å². The molecule has 1 aromatic rings. The molecule has 1 atom stereocenters. The predicted molar refractivity (Wildman–Crippen MR) is 70.1 cm³/mol. The van der Waals surface area contributed by atoms with Crippen LogP contribution in [0.5, 0.6) is 0 Å². The SMILES string of the molecule is CC(C(=O)O)n1nnnc1-c1ccc2ccscc1-2. The summed E-state index contributed by atoms with van der Waals surface area (Å²) in [7, 11) is 0. The van der Waals surface area contributed by atoms with E-state index in [2.05, 4.69) is 15.5 Å². The van der Waals surface area contributed by atoms with Crippen molar-refractivity contribution in [2.45, 2.75) is 13.0 Å². The van der Waals surface area contributed by atoms with Gasteiger partial charge in [0.15, 0.2) is 11.9 Å². The molecule has 3 rings (SSSR count). The zero-order chi connectivity index (χ0) is 13.4. The number of fused-ring (bicyclic) bond motifs is 1. The summed E-state index contributed by atoms with van der Waals surface area (Å²) in [6.45, 7) is 1.55. The van der Waals surface area contributed by atoms with Gasteiger partial charge in [-0.15, -0.1) is 5.10 Å². The molecule has 0 fully saturated rings. The Morgan fingerprint density at radius 2 is 2.21 bits per heavy atom. The second-order valence-electron chi connectivity index (χ2n) is 4.13. The van der Waals surface area contributed by atoms with E-state index in [-0.39, 0.29) is 0 Å². The molecule has 1 aliphatic carbocycles. The summed E-state index contributed by atoms with van der Waals surface area (Å²) in [5, 5.41) is 24.4. The van der Waals surface area contributed by atoms with Gasteiger partial charge in [-0.05, 0) is 45.8 Å². The van der Waals surface area contributed by atoms with Crippen LogP contribution in [0.25, 0.3) is 22.5 Å². The fourth-order valence-electron chi connectivity index (χ4n) is 1.94. The van der Waals surface area contributed by atoms with Gasteiger partial charge in [0.2, 0.25) is 0 Å². The number of tetrazole rings is 1. The Kier molecular flexibility index (Phi) is 2.75. The number of nitrogens with zero attached hydrogens (tertiary/aromatic N) is 4. The molecule has 0 amide bonds. The van der Waals surface area contributed by atoms with Crippen molar-refractivity contribution in [2.75, 3.05) is 0 Å². The molecule has 0 radical (unpaired) electrons. The van der Waals surface area contributed by atoms with Gasteiger partial charge in [0.05, 0.1) is 0 Å². The molecule has 6 nitrogen and oxygen atoms in total. The van der Waals surface area contributed by atoms with E-state index >= 15 is 0 Å². The van der Waals surface area contributed by atoms with Crippen molar-refractivity contribution < 1.29 is 9.90 Å². The van der Waals surface area contributed by atoms with Gasteiger partial charge in [-0.2, -0.15) is 11.3 Å². The lowest BCUT2D eigenvalue weighted by Gasteiger charge is -2.09. The lowest BCUT2D eigenvalue weighted by Crippen LogP contribution is -2.18. The van der Waals surface area contributed by atoms with Crippen molar-refractivity contribution in [1.82, 2.24) is 20.2 Å². The fraction of sp³-hybridized carbons (Fsp3) is 0.167. The maximum absolute atomic E-state index is 11.1. The monoisotopic (exact) mass is 274 g/mol. The number of carboxylic acids is 1. The van der Waals surface area contributed by atoms with E-state index < -0.39 is 12.0 Å². The van der Waals surface area contributed by atoms with Gasteiger partial charge < -0.3 is 5.11 Å². The largest absolute Gasteiger partial charge is 0.480 e. The Balaban J connectivity index is 2.13. The Bertz CT molecular complexity index is 705. The normalized spacial score (nSPS) is 12.7. The molecule has 96 valence electrons. The van der Waals surface area contributed by atoms with E-state index in [1.54, 1.807) is 18.3 Å². The van der Waals surface area contributed by atoms with E-state index in [1.807, 2.05) is 29.0 Å². The molecule has 2 aliphatic rings. The first-order chi connectivity index (χ1) is 9.18. The molecule has 0 spiro atoms. The first kappa shape index (κ1) is 11.8. The zero-order valence-corrected chi connectivity index (χ0v) is 10.8. The molecule has 0 aromatic carbocycles. The van der Waals surface area contributed by atoms with Gasteiger partial charge in [-0.3, -0.25) is 0 Å². The summed E-state index contributed by atoms with van der Waals surface area (Å²) in [5.74, 6) is -0.490. The van der Waals surface area contributed by atoms with Crippen LogP contribution in [0.3, 0.4) is 0 Å². The standard InChI is InChI=1S/C12H10N4O2S/c1-7(12(17)18)16-11(13-14-15-16)9-3-2-8-4-5-19-6-10(8)9/h2-7H,1H3,(H,17,18). The van der Waals surface area contributed by atoms with Crippen molar-refractivity contribution in [1.29, 1.82) is 0 Å². The van der Waals surface area contributed by atoms with Crippen molar-refractivity contribution in [3.63, 3.8) is 0 Å². The van der Waals surface area contributed by atoms with Crippen LogP contribution < -0.4 is 0 Å². The maximum Gasteiger partial charge on any atom is 0.328 e. The van der Waals surface area contributed by atoms with Crippen molar-refractivity contribution in [3.8, 4) is 22.5 Å². The number of carbonyl (C=O) groups is 1. The summed E-state index contributed by atoms with van der Waals surface area (Å²) in [6, 6.07) is 5.09. The van der Waals surface area contributed by atoms with Crippen LogP contribution >= 0.6 is 11.3 Å². The zero-order valence-electron chi connectivity index (χ0n) is 10.0. The lowest BCUT2D eigenvalue weighted by atomic mass is 10.1. The third kappa shape index (κ3) is 1.88. The highest BCUT2D eigenvalue weighted by atomic mass is 32.1. The predicted octanol–water partition coefficient (Wildman–Crippen LogP) is 2.15. The van der Waals surface area contributed by atoms with E-state index in [9.17, 15) is 4.79 Å². The number of hydrogen-bond donors (Lipinski definition) is 1. The molecule has 1 aliphatic heterocycles. The first-order valence-corrected chi connectivity index (χ1v) is 6.58. The van der Waals surface area contributed by atoms with Crippen LogP contribution in [0.2, 0.25) is 0 Å². The Labute approximate surface area is 112 Å². The number of aliphatic carboxylic acids is 1. The highest BCUT2D eigenvalue weighted by Gasteiger charge is 2.23. The average Bonchev–Trinajstić information content (AvgIpc) is 3.03. The van der Waals surface area contributed by atoms with Gasteiger partial charge >= 0.3 is 5.97 Å². The van der Waals surface area contributed by atoms with Gasteiger partial charge in [-0.25, -0.2) is 9.48 Å². The molecule has 2 heterocycles. The third-order valence-electron chi connectivity index (χ3n) is 3.00. The molecular formula is C12H10N4O2S. The van der Waals surface area contributed by atoms with E-state index in [4.69, 9.17) is 5.11 Å². The quantitative estimate of drug-likeness (QED) is 0.791. The summed E-state index contributed by atoms with van der Waals surface area (Å²) in [4.78, 5) is 11.1. The van der Waals surface area contributed by atoms with Crippen LogP contribution in [0.15, 0.2) is 29.0 Å². The second-order valence-corrected chi connectivity index (χ2v) is 4.91. The molecule has 0 bridgehead atoms. The molecule has 19 heavy (non-hydrogen) atoms. The molecule has 0 saturated heterocycles. The van der Waals surface area contributed by atoms with Gasteiger partial charge in [0, 0.05) is 11.1 Å². The summed E-state index contributed by atoms with van der Waals surface area (Å²) in [6.07, 6.45) is 0. The minimum Gasteiger partial charge on any atom is -0.480 e. The highest BCUT2D eigenvalue weighted by Crippen LogP contribution is 2.35. The minimum absolute atomic E-state index is 0.475. The third-order valence-corrected chi connectivity index (χ3v) is 3.67. The maximum atomic E-state index is 11.1. The minimum atomic E-state index is -0.966. The van der Waals surface area contributed by atoms with Crippen LogP contribution in [0.1, 0.15) is 13.0 Å². The van der Waals surface area contributed by atoms with Crippen LogP contribution in [0, 0.1) is 0 Å². The molecule has 1 N–H and O–H groups in total. The molecular weight excluding hydrogens is 264 g/mol. The van der Waals surface area contributed by atoms with E-state index in [0.717, 1.165) is 16.7 Å². The highest BCUT2D eigenvalue weighted by molar-refractivity contribution is 7.08. The van der Waals surface area contributed by atoms with Gasteiger partial charge in [0.1, 0.15) is 0 Å². The number of aromatic nitrogens is 4. The molecule has 0 saturated carbocycles. The second kappa shape index (κ2) is 4.43. The van der Waals surface area contributed by atoms with Crippen molar-refractivity contribution in [2.24, 2.45) is 0 Å². The number of carboxylic acid groups (broad SMARTS) is 1. The van der Waals surface area contributed by atoms with E-state index in [1.165, 1.54) is 4.68 Å². The van der Waals surface area contributed by atoms with Crippen LogP contribution in [0.4, 0.5) is 0 Å². The van der Waals surface area contributed by atoms with Crippen molar-refractivity contribution in [3.05, 3.63) is 29.0 Å². The van der Waals surface area contributed by atoms with Crippen LogP contribution in [-0.2, 0) is 4.79 Å². The molecule has 7 heteroatoms. The molecule has 1 unspecified atom stereocenters. The van der Waals surface area contributed by atoms with E-state index in [0.29, 0.717) is 5.82 Å². The summed E-state index contributed by atoms with van der Waals surface area (Å²) < 4.78 is 1.33. The topological polar surface area (TPSA) is 80.9 Å². The average molecular weight is 274 g/mol. The fourth-order valence-corrected chi connectivity index (χ4v) is 2.64. The van der Waals surface area contributed by atoms with Gasteiger partial charge in [-0.1, -0.05) is 6.07 Å². The Morgan fingerprint density at radius 3 is 3.00 bits per heavy atom. The number of rotatable bonds is 3. The van der Waals surface area contributed by atoms with Crippen molar-refractivity contribution >= 4 is 17.3 Å². The van der Waals surface area contributed by atoms with Crippen LogP contribution in [-0.4, -0.2) is 31.3 Å². The summed E-state index contributed by atoms with van der Waals surface area (Å²) >= 11 is 1.57. The smallest absolute Gasteiger partial charge is 0.328 e.